The van der Waals surface area contributed by atoms with Gasteiger partial charge in [0.25, 0.3) is 0 Å². The zero-order chi connectivity index (χ0) is 13.2. The molecule has 0 saturated heterocycles. The van der Waals surface area contributed by atoms with Gasteiger partial charge in [-0.15, -0.1) is 0 Å². The van der Waals surface area contributed by atoms with Gasteiger partial charge in [-0.05, 0) is 25.2 Å². The number of nitrogens with zero attached hydrogens (tertiary/aromatic N) is 1. The molecule has 18 heavy (non-hydrogen) atoms. The minimum absolute atomic E-state index is 0.559. The topological polar surface area (TPSA) is 62.4 Å². The standard InChI is InChI=1S/C14H30N4/c1-12(2)8-6-7-11-16-14(18-15)17-13-9-4-3-5-10-13/h12-13H,3-11,15H2,1-2H3,(H2,16,17,18). The third-order valence-electron chi connectivity index (χ3n) is 3.54. The average Bonchev–Trinajstić information content (AvgIpc) is 2.38. The summed E-state index contributed by atoms with van der Waals surface area (Å²) in [5, 5.41) is 3.42. The van der Waals surface area contributed by atoms with E-state index in [2.05, 4.69) is 29.6 Å². The Balaban J connectivity index is 2.18. The second-order valence-corrected chi connectivity index (χ2v) is 5.74. The third-order valence-corrected chi connectivity index (χ3v) is 3.54. The first-order valence-corrected chi connectivity index (χ1v) is 7.50. The Kier molecular flexibility index (Phi) is 7.81. The molecule has 0 aromatic carbocycles. The second-order valence-electron chi connectivity index (χ2n) is 5.74. The normalized spacial score (nSPS) is 18.1. The Morgan fingerprint density at radius 1 is 1.22 bits per heavy atom. The van der Waals surface area contributed by atoms with Crippen LogP contribution in [0.3, 0.4) is 0 Å². The number of unbranched alkanes of at least 4 members (excludes halogenated alkanes) is 1. The lowest BCUT2D eigenvalue weighted by atomic mass is 9.96. The lowest BCUT2D eigenvalue weighted by Crippen LogP contribution is -2.47. The van der Waals surface area contributed by atoms with Crippen LogP contribution in [0.4, 0.5) is 0 Å². The van der Waals surface area contributed by atoms with Gasteiger partial charge in [0.2, 0.25) is 5.96 Å². The molecule has 1 rings (SSSR count). The van der Waals surface area contributed by atoms with Crippen molar-refractivity contribution in [1.29, 1.82) is 0 Å². The van der Waals surface area contributed by atoms with Gasteiger partial charge in [0, 0.05) is 12.6 Å². The number of hydrazine groups is 1. The zero-order valence-electron chi connectivity index (χ0n) is 12.0. The fourth-order valence-corrected chi connectivity index (χ4v) is 2.43. The van der Waals surface area contributed by atoms with Crippen molar-refractivity contribution in [1.82, 2.24) is 10.7 Å². The Labute approximate surface area is 112 Å². The van der Waals surface area contributed by atoms with Crippen LogP contribution in [-0.4, -0.2) is 18.5 Å². The summed E-state index contributed by atoms with van der Waals surface area (Å²) >= 11 is 0. The van der Waals surface area contributed by atoms with Gasteiger partial charge in [0.1, 0.15) is 0 Å². The van der Waals surface area contributed by atoms with Crippen molar-refractivity contribution < 1.29 is 0 Å². The van der Waals surface area contributed by atoms with E-state index in [0.29, 0.717) is 6.04 Å². The van der Waals surface area contributed by atoms with Crippen LogP contribution >= 0.6 is 0 Å². The van der Waals surface area contributed by atoms with Crippen molar-refractivity contribution in [3.8, 4) is 0 Å². The van der Waals surface area contributed by atoms with Crippen LogP contribution in [0.2, 0.25) is 0 Å². The maximum Gasteiger partial charge on any atom is 0.205 e. The molecule has 0 spiro atoms. The summed E-state index contributed by atoms with van der Waals surface area (Å²) in [5.74, 6) is 7.07. The van der Waals surface area contributed by atoms with E-state index in [0.717, 1.165) is 24.8 Å². The predicted molar refractivity (Wildman–Crippen MR) is 78.3 cm³/mol. The Bertz CT molecular complexity index is 232. The Hall–Kier alpha value is -0.770. The van der Waals surface area contributed by atoms with E-state index in [9.17, 15) is 0 Å². The highest BCUT2D eigenvalue weighted by Crippen LogP contribution is 2.17. The summed E-state index contributed by atoms with van der Waals surface area (Å²) in [6.07, 6.45) is 10.2. The van der Waals surface area contributed by atoms with Crippen molar-refractivity contribution in [2.75, 3.05) is 6.54 Å². The molecule has 4 N–H and O–H groups in total. The van der Waals surface area contributed by atoms with Gasteiger partial charge in [0.05, 0.1) is 0 Å². The zero-order valence-corrected chi connectivity index (χ0v) is 12.0. The minimum atomic E-state index is 0.559. The molecular formula is C14H30N4. The summed E-state index contributed by atoms with van der Waals surface area (Å²) in [6, 6.07) is 0.559. The molecule has 4 nitrogen and oxygen atoms in total. The minimum Gasteiger partial charge on any atom is -0.353 e. The fourth-order valence-electron chi connectivity index (χ4n) is 2.43. The van der Waals surface area contributed by atoms with Crippen molar-refractivity contribution in [3.05, 3.63) is 0 Å². The summed E-state index contributed by atoms with van der Waals surface area (Å²) in [6.45, 7) is 5.40. The maximum absolute atomic E-state index is 5.51. The number of rotatable bonds is 6. The highest BCUT2D eigenvalue weighted by molar-refractivity contribution is 5.79. The van der Waals surface area contributed by atoms with Crippen LogP contribution in [0.15, 0.2) is 4.99 Å². The number of aliphatic imine (C=N–C) groups is 1. The van der Waals surface area contributed by atoms with Gasteiger partial charge in [-0.25, -0.2) is 5.84 Å². The first-order valence-electron chi connectivity index (χ1n) is 7.50. The molecule has 0 radical (unpaired) electrons. The van der Waals surface area contributed by atoms with Gasteiger partial charge >= 0.3 is 0 Å². The predicted octanol–water partition coefficient (Wildman–Crippen LogP) is 2.55. The molecule has 0 atom stereocenters. The smallest absolute Gasteiger partial charge is 0.205 e. The highest BCUT2D eigenvalue weighted by Gasteiger charge is 2.13. The largest absolute Gasteiger partial charge is 0.353 e. The van der Waals surface area contributed by atoms with Crippen LogP contribution in [-0.2, 0) is 0 Å². The van der Waals surface area contributed by atoms with E-state index >= 15 is 0 Å². The second kappa shape index (κ2) is 9.20. The molecule has 0 aliphatic heterocycles. The van der Waals surface area contributed by atoms with Gasteiger partial charge < -0.3 is 5.32 Å². The maximum atomic E-state index is 5.51. The summed E-state index contributed by atoms with van der Waals surface area (Å²) in [5.41, 5.74) is 2.69. The molecule has 1 fully saturated rings. The lowest BCUT2D eigenvalue weighted by molar-refractivity contribution is 0.410. The van der Waals surface area contributed by atoms with Crippen molar-refractivity contribution in [2.45, 2.75) is 71.3 Å². The quantitative estimate of drug-likeness (QED) is 0.224. The summed E-state index contributed by atoms with van der Waals surface area (Å²) in [7, 11) is 0. The first-order chi connectivity index (χ1) is 8.72. The Morgan fingerprint density at radius 3 is 2.56 bits per heavy atom. The SMILES string of the molecule is CC(C)CCCCN=C(NN)NC1CCCCC1. The Morgan fingerprint density at radius 2 is 1.94 bits per heavy atom. The van der Waals surface area contributed by atoms with Crippen LogP contribution in [0.5, 0.6) is 0 Å². The molecule has 0 amide bonds. The van der Waals surface area contributed by atoms with Crippen LogP contribution < -0.4 is 16.6 Å². The van der Waals surface area contributed by atoms with E-state index in [-0.39, 0.29) is 0 Å². The third kappa shape index (κ3) is 6.84. The van der Waals surface area contributed by atoms with Crippen LogP contribution in [0.1, 0.15) is 65.2 Å². The summed E-state index contributed by atoms with van der Waals surface area (Å²) < 4.78 is 0. The van der Waals surface area contributed by atoms with Crippen molar-refractivity contribution in [2.24, 2.45) is 16.8 Å². The molecule has 0 unspecified atom stereocenters. The van der Waals surface area contributed by atoms with Gasteiger partial charge in [-0.2, -0.15) is 0 Å². The van der Waals surface area contributed by atoms with Crippen LogP contribution in [0, 0.1) is 5.92 Å². The molecule has 1 aliphatic carbocycles. The van der Waals surface area contributed by atoms with Crippen LogP contribution in [0.25, 0.3) is 0 Å². The average molecular weight is 254 g/mol. The molecular weight excluding hydrogens is 224 g/mol. The molecule has 0 heterocycles. The molecule has 1 aliphatic rings. The molecule has 4 heteroatoms. The highest BCUT2D eigenvalue weighted by atomic mass is 15.3. The van der Waals surface area contributed by atoms with Gasteiger partial charge in [-0.3, -0.25) is 10.4 Å². The molecule has 0 aromatic rings. The van der Waals surface area contributed by atoms with E-state index in [1.54, 1.807) is 0 Å². The fraction of sp³-hybridized carbons (Fsp3) is 0.929. The van der Waals surface area contributed by atoms with Gasteiger partial charge in [-0.1, -0.05) is 46.0 Å². The van der Waals surface area contributed by atoms with Gasteiger partial charge in [0.15, 0.2) is 0 Å². The first kappa shape index (κ1) is 15.3. The van der Waals surface area contributed by atoms with E-state index in [1.807, 2.05) is 0 Å². The number of hydrogen-bond donors (Lipinski definition) is 3. The van der Waals surface area contributed by atoms with E-state index in [1.165, 1.54) is 44.9 Å². The summed E-state index contributed by atoms with van der Waals surface area (Å²) in [4.78, 5) is 4.50. The van der Waals surface area contributed by atoms with Crippen molar-refractivity contribution in [3.63, 3.8) is 0 Å². The lowest BCUT2D eigenvalue weighted by Gasteiger charge is -2.24. The van der Waals surface area contributed by atoms with E-state index < -0.39 is 0 Å². The molecule has 1 saturated carbocycles. The monoisotopic (exact) mass is 254 g/mol. The number of guanidine groups is 1. The molecule has 0 aromatic heterocycles. The molecule has 0 bridgehead atoms. The van der Waals surface area contributed by atoms with Crippen molar-refractivity contribution >= 4 is 5.96 Å². The number of nitrogens with one attached hydrogen (secondary N) is 2. The molecule has 106 valence electrons. The number of hydrogen-bond acceptors (Lipinski definition) is 2. The van der Waals surface area contributed by atoms with E-state index in [4.69, 9.17) is 5.84 Å². The number of nitrogens with two attached hydrogens (primary N) is 1.